The Kier molecular flexibility index (Phi) is 5.33. The fourth-order valence-electron chi connectivity index (χ4n) is 2.27. The molecule has 1 aliphatic heterocycles. The summed E-state index contributed by atoms with van der Waals surface area (Å²) in [5.74, 6) is 0.0140. The van der Waals surface area contributed by atoms with E-state index in [0.29, 0.717) is 6.54 Å². The molecule has 1 saturated heterocycles. The van der Waals surface area contributed by atoms with Crippen LogP contribution in [0.4, 0.5) is 4.39 Å². The first-order chi connectivity index (χ1) is 9.58. The van der Waals surface area contributed by atoms with Gasteiger partial charge >= 0.3 is 0 Å². The molecular weight excluding hydrogens is 327 g/mol. The molecule has 0 atom stereocenters. The Morgan fingerprint density at radius 1 is 1.30 bits per heavy atom. The Balaban J connectivity index is 1.87. The monoisotopic (exact) mass is 344 g/mol. The summed E-state index contributed by atoms with van der Waals surface area (Å²) in [7, 11) is 0. The molecule has 20 heavy (non-hydrogen) atoms. The van der Waals surface area contributed by atoms with Crippen molar-refractivity contribution in [3.8, 4) is 0 Å². The summed E-state index contributed by atoms with van der Waals surface area (Å²) in [6.45, 7) is 4.65. The topological polar surface area (TPSA) is 65.1 Å². The van der Waals surface area contributed by atoms with E-state index >= 15 is 0 Å². The molecule has 0 amide bonds. The van der Waals surface area contributed by atoms with Crippen molar-refractivity contribution in [2.45, 2.75) is 6.54 Å². The van der Waals surface area contributed by atoms with Gasteiger partial charge in [0.1, 0.15) is 5.82 Å². The fourth-order valence-corrected chi connectivity index (χ4v) is 2.64. The Hall–Kier alpha value is -1.18. The Morgan fingerprint density at radius 2 is 1.95 bits per heavy atom. The molecule has 5 nitrogen and oxygen atoms in total. The second-order valence-corrected chi connectivity index (χ2v) is 5.73. The Labute approximate surface area is 126 Å². The average molecular weight is 345 g/mol. The molecule has 0 radical (unpaired) electrons. The van der Waals surface area contributed by atoms with E-state index in [1.807, 2.05) is 0 Å². The quantitative estimate of drug-likeness (QED) is 0.375. The van der Waals surface area contributed by atoms with Crippen LogP contribution in [0.3, 0.4) is 0 Å². The van der Waals surface area contributed by atoms with Crippen LogP contribution in [-0.4, -0.2) is 53.6 Å². The van der Waals surface area contributed by atoms with E-state index in [-0.39, 0.29) is 11.7 Å². The number of benzene rings is 1. The van der Waals surface area contributed by atoms with Crippen LogP contribution in [0.1, 0.15) is 5.56 Å². The van der Waals surface area contributed by atoms with Gasteiger partial charge in [-0.05, 0) is 23.8 Å². The summed E-state index contributed by atoms with van der Waals surface area (Å²) in [6.07, 6.45) is 0. The number of amidine groups is 1. The molecular formula is C13H18BrFN4O. The maximum Gasteiger partial charge on any atom is 0.153 e. The number of nitrogens with two attached hydrogens (primary N) is 1. The highest BCUT2D eigenvalue weighted by molar-refractivity contribution is 9.10. The lowest BCUT2D eigenvalue weighted by atomic mass is 10.2. The third kappa shape index (κ3) is 4.16. The van der Waals surface area contributed by atoms with Gasteiger partial charge in [-0.25, -0.2) is 4.39 Å². The molecule has 0 unspecified atom stereocenters. The second-order valence-electron chi connectivity index (χ2n) is 4.88. The maximum atomic E-state index is 13.2. The van der Waals surface area contributed by atoms with Crippen molar-refractivity contribution >= 4 is 21.8 Å². The zero-order valence-electron chi connectivity index (χ0n) is 11.1. The van der Waals surface area contributed by atoms with E-state index < -0.39 is 0 Å². The molecule has 1 aromatic carbocycles. The number of hydrogen-bond donors (Lipinski definition) is 2. The molecule has 0 spiro atoms. The predicted molar refractivity (Wildman–Crippen MR) is 79.2 cm³/mol. The Morgan fingerprint density at radius 3 is 2.60 bits per heavy atom. The highest BCUT2D eigenvalue weighted by Gasteiger charge is 2.18. The van der Waals surface area contributed by atoms with Crippen molar-refractivity contribution in [1.29, 1.82) is 0 Å². The normalized spacial score (nSPS) is 18.4. The van der Waals surface area contributed by atoms with Gasteiger partial charge in [0, 0.05) is 37.2 Å². The molecule has 2 rings (SSSR count). The minimum absolute atomic E-state index is 0.214. The predicted octanol–water partition coefficient (Wildman–Crippen LogP) is 1.45. The average Bonchev–Trinajstić information content (AvgIpc) is 2.45. The first kappa shape index (κ1) is 15.2. The largest absolute Gasteiger partial charge is 0.409 e. The lowest BCUT2D eigenvalue weighted by Gasteiger charge is -2.34. The molecule has 110 valence electrons. The smallest absolute Gasteiger partial charge is 0.153 e. The van der Waals surface area contributed by atoms with Crippen LogP contribution in [0.15, 0.2) is 27.8 Å². The molecule has 0 saturated carbocycles. The van der Waals surface area contributed by atoms with Gasteiger partial charge in [-0.15, -0.1) is 0 Å². The maximum absolute atomic E-state index is 13.2. The fraction of sp³-hybridized carbons (Fsp3) is 0.462. The van der Waals surface area contributed by atoms with Crippen molar-refractivity contribution in [2.24, 2.45) is 10.9 Å². The molecule has 1 aromatic rings. The molecule has 0 aromatic heterocycles. The molecule has 3 N–H and O–H groups in total. The van der Waals surface area contributed by atoms with Gasteiger partial charge in [0.05, 0.1) is 6.54 Å². The van der Waals surface area contributed by atoms with Gasteiger partial charge in [0.2, 0.25) is 0 Å². The molecule has 1 aliphatic rings. The molecule has 1 heterocycles. The van der Waals surface area contributed by atoms with E-state index in [2.05, 4.69) is 30.9 Å². The van der Waals surface area contributed by atoms with Crippen molar-refractivity contribution in [3.63, 3.8) is 0 Å². The van der Waals surface area contributed by atoms with Crippen LogP contribution in [-0.2, 0) is 6.54 Å². The molecule has 7 heteroatoms. The third-order valence-electron chi connectivity index (χ3n) is 3.38. The summed E-state index contributed by atoms with van der Waals surface area (Å²) in [5.41, 5.74) is 6.45. The highest BCUT2D eigenvalue weighted by Crippen LogP contribution is 2.20. The van der Waals surface area contributed by atoms with Gasteiger partial charge < -0.3 is 10.9 Å². The summed E-state index contributed by atoms with van der Waals surface area (Å²) < 4.78 is 14.2. The zero-order valence-corrected chi connectivity index (χ0v) is 12.7. The number of oxime groups is 1. The second kappa shape index (κ2) is 7.01. The van der Waals surface area contributed by atoms with Gasteiger partial charge in [-0.3, -0.25) is 9.80 Å². The third-order valence-corrected chi connectivity index (χ3v) is 4.15. The summed E-state index contributed by atoms with van der Waals surface area (Å²) >= 11 is 3.45. The van der Waals surface area contributed by atoms with E-state index in [4.69, 9.17) is 10.9 Å². The van der Waals surface area contributed by atoms with Crippen LogP contribution >= 0.6 is 15.9 Å². The number of nitrogens with zero attached hydrogens (tertiary/aromatic N) is 3. The minimum Gasteiger partial charge on any atom is -0.409 e. The number of halogens is 2. The number of hydrogen-bond acceptors (Lipinski definition) is 4. The highest BCUT2D eigenvalue weighted by atomic mass is 79.9. The van der Waals surface area contributed by atoms with Crippen molar-refractivity contribution in [2.75, 3.05) is 32.7 Å². The standard InChI is InChI=1S/C13H18BrFN4O/c14-12-2-1-11(15)7-10(12)8-18-3-5-19(6-4-18)9-13(16)17-20/h1-2,7,20H,3-6,8-9H2,(H2,16,17). The summed E-state index contributed by atoms with van der Waals surface area (Å²) in [6, 6.07) is 4.74. The van der Waals surface area contributed by atoms with Gasteiger partial charge in [0.25, 0.3) is 0 Å². The number of rotatable bonds is 4. The van der Waals surface area contributed by atoms with Crippen molar-refractivity contribution in [3.05, 3.63) is 34.1 Å². The van der Waals surface area contributed by atoms with Crippen LogP contribution < -0.4 is 5.73 Å². The van der Waals surface area contributed by atoms with Crippen LogP contribution in [0.2, 0.25) is 0 Å². The minimum atomic E-state index is -0.214. The van der Waals surface area contributed by atoms with Crippen molar-refractivity contribution in [1.82, 2.24) is 9.80 Å². The summed E-state index contributed by atoms with van der Waals surface area (Å²) in [5, 5.41) is 11.5. The van der Waals surface area contributed by atoms with Crippen LogP contribution in [0, 0.1) is 5.82 Å². The molecule has 0 aliphatic carbocycles. The van der Waals surface area contributed by atoms with E-state index in [1.54, 1.807) is 12.1 Å². The Bertz CT molecular complexity index is 489. The molecule has 0 bridgehead atoms. The van der Waals surface area contributed by atoms with Crippen LogP contribution in [0.25, 0.3) is 0 Å². The van der Waals surface area contributed by atoms with Gasteiger partial charge in [-0.2, -0.15) is 0 Å². The van der Waals surface area contributed by atoms with Gasteiger partial charge in [-0.1, -0.05) is 21.1 Å². The first-order valence-electron chi connectivity index (χ1n) is 6.43. The van der Waals surface area contributed by atoms with Gasteiger partial charge in [0.15, 0.2) is 5.84 Å². The van der Waals surface area contributed by atoms with E-state index in [0.717, 1.165) is 42.8 Å². The van der Waals surface area contributed by atoms with E-state index in [1.165, 1.54) is 6.07 Å². The summed E-state index contributed by atoms with van der Waals surface area (Å²) in [4.78, 5) is 4.40. The molecule has 1 fully saturated rings. The SMILES string of the molecule is NC(CN1CCN(Cc2cc(F)ccc2Br)CC1)=NO. The lowest BCUT2D eigenvalue weighted by Crippen LogP contribution is -2.48. The zero-order chi connectivity index (χ0) is 14.5. The lowest BCUT2D eigenvalue weighted by molar-refractivity contribution is 0.138. The van der Waals surface area contributed by atoms with Crippen LogP contribution in [0.5, 0.6) is 0 Å². The van der Waals surface area contributed by atoms with E-state index in [9.17, 15) is 4.39 Å². The number of piperazine rings is 1. The first-order valence-corrected chi connectivity index (χ1v) is 7.23. The van der Waals surface area contributed by atoms with Crippen molar-refractivity contribution < 1.29 is 9.60 Å².